The van der Waals surface area contributed by atoms with Crippen molar-refractivity contribution in [2.24, 2.45) is 0 Å². The highest BCUT2D eigenvalue weighted by Gasteiger charge is 2.27. The van der Waals surface area contributed by atoms with Crippen LogP contribution in [0.4, 0.5) is 0 Å². The molecule has 5 nitrogen and oxygen atoms in total. The van der Waals surface area contributed by atoms with Crippen molar-refractivity contribution in [1.82, 2.24) is 19.6 Å². The molecule has 1 aliphatic rings. The molecule has 2 rings (SSSR count). The zero-order chi connectivity index (χ0) is 16.3. The summed E-state index contributed by atoms with van der Waals surface area (Å²) in [4.78, 5) is 17.3. The second-order valence-electron chi connectivity index (χ2n) is 7.06. The number of carbonyl (C=O) groups excluding carboxylic acids is 1. The Kier molecular flexibility index (Phi) is 5.27. The molecule has 0 spiro atoms. The zero-order valence-corrected chi connectivity index (χ0v) is 14.7. The first-order valence-corrected chi connectivity index (χ1v) is 8.47. The number of rotatable bonds is 4. The smallest absolute Gasteiger partial charge is 0.257 e. The lowest BCUT2D eigenvalue weighted by Crippen LogP contribution is -2.48. The quantitative estimate of drug-likeness (QED) is 0.857. The summed E-state index contributed by atoms with van der Waals surface area (Å²) >= 11 is 0. The van der Waals surface area contributed by atoms with Crippen LogP contribution in [0.25, 0.3) is 0 Å². The number of amides is 1. The Morgan fingerprint density at radius 1 is 1.18 bits per heavy atom. The van der Waals surface area contributed by atoms with Crippen molar-refractivity contribution in [2.75, 3.05) is 32.7 Å². The lowest BCUT2D eigenvalue weighted by molar-refractivity contribution is 0.0642. The number of aromatic nitrogens is 2. The van der Waals surface area contributed by atoms with Crippen LogP contribution >= 0.6 is 0 Å². The molecule has 1 aliphatic heterocycles. The normalized spacial score (nSPS) is 17.0. The molecule has 0 N–H and O–H groups in total. The van der Waals surface area contributed by atoms with Gasteiger partial charge in [-0.15, -0.1) is 0 Å². The number of piperazine rings is 1. The molecule has 124 valence electrons. The summed E-state index contributed by atoms with van der Waals surface area (Å²) in [6.07, 6.45) is 3.68. The average Bonchev–Trinajstić information content (AvgIpc) is 2.91. The van der Waals surface area contributed by atoms with E-state index in [1.165, 1.54) is 0 Å². The summed E-state index contributed by atoms with van der Waals surface area (Å²) < 4.78 is 2.02. The number of hydrogen-bond acceptors (Lipinski definition) is 3. The van der Waals surface area contributed by atoms with Crippen LogP contribution in [0.2, 0.25) is 0 Å². The Hall–Kier alpha value is -1.36. The molecule has 0 aromatic carbocycles. The highest BCUT2D eigenvalue weighted by molar-refractivity contribution is 5.95. The number of nitrogens with zero attached hydrogens (tertiary/aromatic N) is 4. The van der Waals surface area contributed by atoms with E-state index in [2.05, 4.69) is 44.6 Å². The summed E-state index contributed by atoms with van der Waals surface area (Å²) in [6.45, 7) is 15.4. The van der Waals surface area contributed by atoms with Gasteiger partial charge in [-0.2, -0.15) is 5.10 Å². The van der Waals surface area contributed by atoms with E-state index in [9.17, 15) is 4.79 Å². The van der Waals surface area contributed by atoms with E-state index in [0.717, 1.165) is 56.8 Å². The highest BCUT2D eigenvalue weighted by Crippen LogP contribution is 2.22. The SMILES string of the molecule is CCCc1c(C(=O)N2CCN(CC)CC2)cnn1C(C)(C)C. The van der Waals surface area contributed by atoms with Crippen LogP contribution in [0.5, 0.6) is 0 Å². The first-order valence-electron chi connectivity index (χ1n) is 8.47. The lowest BCUT2D eigenvalue weighted by atomic mass is 10.1. The predicted octanol–water partition coefficient (Wildman–Crippen LogP) is 2.37. The minimum atomic E-state index is -0.0933. The topological polar surface area (TPSA) is 41.4 Å². The first-order chi connectivity index (χ1) is 10.4. The highest BCUT2D eigenvalue weighted by atomic mass is 16.2. The maximum atomic E-state index is 12.9. The van der Waals surface area contributed by atoms with Crippen molar-refractivity contribution >= 4 is 5.91 Å². The number of likely N-dealkylation sites (N-methyl/N-ethyl adjacent to an activating group) is 1. The fraction of sp³-hybridized carbons (Fsp3) is 0.765. The Labute approximate surface area is 134 Å². The molecule has 0 atom stereocenters. The minimum absolute atomic E-state index is 0.0933. The molecule has 0 unspecified atom stereocenters. The first kappa shape index (κ1) is 17.0. The molecular formula is C17H30N4O. The van der Waals surface area contributed by atoms with Crippen LogP contribution in [0, 0.1) is 0 Å². The van der Waals surface area contributed by atoms with Crippen molar-refractivity contribution in [3.63, 3.8) is 0 Å². The maximum Gasteiger partial charge on any atom is 0.257 e. The molecule has 0 bridgehead atoms. The third-order valence-corrected chi connectivity index (χ3v) is 4.33. The van der Waals surface area contributed by atoms with Crippen molar-refractivity contribution < 1.29 is 4.79 Å². The molecule has 2 heterocycles. The van der Waals surface area contributed by atoms with Gasteiger partial charge in [0, 0.05) is 26.2 Å². The standard InChI is InChI=1S/C17H30N4O/c1-6-8-15-14(13-18-21(15)17(3,4)5)16(22)20-11-9-19(7-2)10-12-20/h13H,6-12H2,1-5H3. The predicted molar refractivity (Wildman–Crippen MR) is 89.2 cm³/mol. The van der Waals surface area contributed by atoms with Gasteiger partial charge in [-0.1, -0.05) is 20.3 Å². The van der Waals surface area contributed by atoms with Gasteiger partial charge in [0.25, 0.3) is 5.91 Å². The fourth-order valence-corrected chi connectivity index (χ4v) is 3.05. The van der Waals surface area contributed by atoms with Gasteiger partial charge in [0.1, 0.15) is 0 Å². The minimum Gasteiger partial charge on any atom is -0.336 e. The van der Waals surface area contributed by atoms with E-state index in [4.69, 9.17) is 0 Å². The molecule has 1 fully saturated rings. The molecule has 5 heteroatoms. The Morgan fingerprint density at radius 2 is 1.82 bits per heavy atom. The van der Waals surface area contributed by atoms with E-state index in [1.807, 2.05) is 9.58 Å². The summed E-state index contributed by atoms with van der Waals surface area (Å²) in [7, 11) is 0. The van der Waals surface area contributed by atoms with Crippen LogP contribution in [-0.4, -0.2) is 58.2 Å². The lowest BCUT2D eigenvalue weighted by Gasteiger charge is -2.34. The van der Waals surface area contributed by atoms with Gasteiger partial charge in [-0.05, 0) is 33.7 Å². The zero-order valence-electron chi connectivity index (χ0n) is 14.7. The summed E-state index contributed by atoms with van der Waals surface area (Å²) in [5.41, 5.74) is 1.78. The van der Waals surface area contributed by atoms with E-state index in [-0.39, 0.29) is 11.4 Å². The Bertz CT molecular complexity index is 507. The van der Waals surface area contributed by atoms with Crippen LogP contribution in [0.3, 0.4) is 0 Å². The van der Waals surface area contributed by atoms with Crippen molar-refractivity contribution in [3.05, 3.63) is 17.5 Å². The van der Waals surface area contributed by atoms with Crippen LogP contribution in [0.15, 0.2) is 6.20 Å². The molecule has 1 aromatic heterocycles. The summed E-state index contributed by atoms with van der Waals surface area (Å²) in [5, 5.41) is 4.51. The number of hydrogen-bond donors (Lipinski definition) is 0. The molecule has 1 aromatic rings. The summed E-state index contributed by atoms with van der Waals surface area (Å²) in [5.74, 6) is 0.148. The van der Waals surface area contributed by atoms with Crippen LogP contribution < -0.4 is 0 Å². The molecule has 0 radical (unpaired) electrons. The van der Waals surface area contributed by atoms with Crippen molar-refractivity contribution in [3.8, 4) is 0 Å². The third-order valence-electron chi connectivity index (χ3n) is 4.33. The van der Waals surface area contributed by atoms with Gasteiger partial charge < -0.3 is 9.80 Å². The Balaban J connectivity index is 2.21. The fourth-order valence-electron chi connectivity index (χ4n) is 3.05. The molecule has 1 amide bonds. The van der Waals surface area contributed by atoms with Gasteiger partial charge in [0.05, 0.1) is 23.0 Å². The van der Waals surface area contributed by atoms with E-state index in [1.54, 1.807) is 6.20 Å². The third kappa shape index (κ3) is 3.51. The molecule has 0 saturated carbocycles. The largest absolute Gasteiger partial charge is 0.336 e. The van der Waals surface area contributed by atoms with Crippen LogP contribution in [-0.2, 0) is 12.0 Å². The second-order valence-corrected chi connectivity index (χ2v) is 7.06. The van der Waals surface area contributed by atoms with Crippen LogP contribution in [0.1, 0.15) is 57.1 Å². The monoisotopic (exact) mass is 306 g/mol. The van der Waals surface area contributed by atoms with E-state index < -0.39 is 0 Å². The van der Waals surface area contributed by atoms with Gasteiger partial charge in [-0.3, -0.25) is 9.48 Å². The van der Waals surface area contributed by atoms with Crippen molar-refractivity contribution in [1.29, 1.82) is 0 Å². The molecule has 0 aliphatic carbocycles. The maximum absolute atomic E-state index is 12.9. The van der Waals surface area contributed by atoms with Gasteiger partial charge >= 0.3 is 0 Å². The molecular weight excluding hydrogens is 276 g/mol. The van der Waals surface area contributed by atoms with Gasteiger partial charge in [0.15, 0.2) is 0 Å². The summed E-state index contributed by atoms with van der Waals surface area (Å²) in [6, 6.07) is 0. The average molecular weight is 306 g/mol. The van der Waals surface area contributed by atoms with E-state index >= 15 is 0 Å². The molecule has 22 heavy (non-hydrogen) atoms. The van der Waals surface area contributed by atoms with Crippen molar-refractivity contribution in [2.45, 2.75) is 53.0 Å². The van der Waals surface area contributed by atoms with E-state index in [0.29, 0.717) is 0 Å². The second kappa shape index (κ2) is 6.82. The molecule has 1 saturated heterocycles. The number of carbonyl (C=O) groups is 1. The Morgan fingerprint density at radius 3 is 2.32 bits per heavy atom. The van der Waals surface area contributed by atoms with Gasteiger partial charge in [-0.25, -0.2) is 0 Å². The van der Waals surface area contributed by atoms with Gasteiger partial charge in [0.2, 0.25) is 0 Å².